The van der Waals surface area contributed by atoms with E-state index >= 15 is 0 Å². The van der Waals surface area contributed by atoms with Gasteiger partial charge in [-0.05, 0) is 19.1 Å². The molecular formula is C14H13N5O2. The Kier molecular flexibility index (Phi) is 4.31. The molecular weight excluding hydrogens is 270 g/mol. The van der Waals surface area contributed by atoms with Crippen LogP contribution < -0.4 is 10.6 Å². The first-order valence-corrected chi connectivity index (χ1v) is 6.20. The number of carbonyl (C=O) groups is 2. The molecule has 7 nitrogen and oxygen atoms in total. The van der Waals surface area contributed by atoms with Gasteiger partial charge < -0.3 is 10.6 Å². The minimum absolute atomic E-state index is 0.219. The van der Waals surface area contributed by atoms with Crippen LogP contribution in [0, 0.1) is 18.3 Å². The molecule has 0 spiro atoms. The summed E-state index contributed by atoms with van der Waals surface area (Å²) in [6, 6.07) is 12.6. The first-order chi connectivity index (χ1) is 10.1. The highest BCUT2D eigenvalue weighted by molar-refractivity contribution is 6.39. The van der Waals surface area contributed by atoms with Crippen molar-refractivity contribution in [2.45, 2.75) is 6.92 Å². The number of para-hydroxylation sites is 1. The Bertz CT molecular complexity index is 700. The Hall–Kier alpha value is -3.14. The minimum atomic E-state index is -0.866. The van der Waals surface area contributed by atoms with Crippen molar-refractivity contribution in [3.05, 3.63) is 42.1 Å². The quantitative estimate of drug-likeness (QED) is 0.641. The molecule has 0 bridgehead atoms. The Labute approximate surface area is 121 Å². The fraction of sp³-hybridized carbons (Fsp3) is 0.143. The molecule has 0 fully saturated rings. The molecule has 0 atom stereocenters. The molecule has 0 radical (unpaired) electrons. The first-order valence-electron chi connectivity index (χ1n) is 6.20. The lowest BCUT2D eigenvalue weighted by atomic mass is 10.3. The fourth-order valence-electron chi connectivity index (χ4n) is 1.73. The zero-order valence-electron chi connectivity index (χ0n) is 11.3. The van der Waals surface area contributed by atoms with Gasteiger partial charge in [-0.15, -0.1) is 0 Å². The molecule has 2 amide bonds. The van der Waals surface area contributed by atoms with E-state index in [0.717, 1.165) is 5.69 Å². The van der Waals surface area contributed by atoms with Crippen LogP contribution in [-0.2, 0) is 9.59 Å². The van der Waals surface area contributed by atoms with E-state index < -0.39 is 11.8 Å². The molecule has 7 heteroatoms. The van der Waals surface area contributed by atoms with Gasteiger partial charge in [-0.25, -0.2) is 4.68 Å². The third-order valence-corrected chi connectivity index (χ3v) is 2.61. The molecule has 106 valence electrons. The summed E-state index contributed by atoms with van der Waals surface area (Å²) in [5.41, 5.74) is 1.46. The fourth-order valence-corrected chi connectivity index (χ4v) is 1.73. The van der Waals surface area contributed by atoms with Gasteiger partial charge >= 0.3 is 11.8 Å². The first kappa shape index (κ1) is 14.3. The lowest BCUT2D eigenvalue weighted by molar-refractivity contribution is -0.136. The monoisotopic (exact) mass is 283 g/mol. The maximum absolute atomic E-state index is 11.7. The standard InChI is InChI=1S/C14H13N5O2/c1-10-9-12(17-14(21)13(20)16-8-7-15)19(18-10)11-5-3-2-4-6-11/h2-6,9H,8H2,1H3,(H,16,20)(H,17,21). The lowest BCUT2D eigenvalue weighted by Gasteiger charge is -2.08. The predicted molar refractivity (Wildman–Crippen MR) is 75.6 cm³/mol. The van der Waals surface area contributed by atoms with Crippen LogP contribution in [0.3, 0.4) is 0 Å². The third kappa shape index (κ3) is 3.45. The van der Waals surface area contributed by atoms with Gasteiger partial charge in [0.05, 0.1) is 17.5 Å². The van der Waals surface area contributed by atoms with E-state index in [1.54, 1.807) is 19.1 Å². The number of aromatic nitrogens is 2. The van der Waals surface area contributed by atoms with Crippen molar-refractivity contribution in [1.82, 2.24) is 15.1 Å². The van der Waals surface area contributed by atoms with Crippen molar-refractivity contribution in [2.75, 3.05) is 11.9 Å². The van der Waals surface area contributed by atoms with Crippen LogP contribution in [0.4, 0.5) is 5.82 Å². The Morgan fingerprint density at radius 3 is 2.67 bits per heavy atom. The zero-order chi connectivity index (χ0) is 15.2. The van der Waals surface area contributed by atoms with Crippen LogP contribution in [0.1, 0.15) is 5.69 Å². The molecule has 1 heterocycles. The number of benzene rings is 1. The van der Waals surface area contributed by atoms with Crippen molar-refractivity contribution in [3.8, 4) is 11.8 Å². The molecule has 2 rings (SSSR count). The molecule has 21 heavy (non-hydrogen) atoms. The highest BCUT2D eigenvalue weighted by Gasteiger charge is 2.16. The SMILES string of the molecule is Cc1cc(NC(=O)C(=O)NCC#N)n(-c2ccccc2)n1. The summed E-state index contributed by atoms with van der Waals surface area (Å²) < 4.78 is 1.53. The Morgan fingerprint density at radius 2 is 2.00 bits per heavy atom. The normalized spacial score (nSPS) is 9.71. The number of hydrogen-bond acceptors (Lipinski definition) is 4. The summed E-state index contributed by atoms with van der Waals surface area (Å²) >= 11 is 0. The van der Waals surface area contributed by atoms with Gasteiger partial charge in [-0.2, -0.15) is 10.4 Å². The molecule has 0 aliphatic carbocycles. The Morgan fingerprint density at radius 1 is 1.29 bits per heavy atom. The number of nitriles is 1. The molecule has 1 aromatic carbocycles. The van der Waals surface area contributed by atoms with Crippen molar-refractivity contribution < 1.29 is 9.59 Å². The second-order valence-electron chi connectivity index (χ2n) is 4.21. The van der Waals surface area contributed by atoms with Crippen molar-refractivity contribution in [2.24, 2.45) is 0 Å². The largest absolute Gasteiger partial charge is 0.335 e. The van der Waals surface area contributed by atoms with Gasteiger partial charge in [0.25, 0.3) is 0 Å². The molecule has 0 saturated heterocycles. The van der Waals surface area contributed by atoms with Crippen molar-refractivity contribution in [1.29, 1.82) is 5.26 Å². The predicted octanol–water partition coefficient (Wildman–Crippen LogP) is 0.759. The van der Waals surface area contributed by atoms with Crippen LogP contribution in [-0.4, -0.2) is 28.1 Å². The van der Waals surface area contributed by atoms with Crippen LogP contribution >= 0.6 is 0 Å². The molecule has 2 aromatic rings. The number of carbonyl (C=O) groups excluding carboxylic acids is 2. The summed E-state index contributed by atoms with van der Waals surface area (Å²) in [6.45, 7) is 1.56. The van der Waals surface area contributed by atoms with E-state index in [0.29, 0.717) is 11.5 Å². The summed E-state index contributed by atoms with van der Waals surface area (Å²) in [5.74, 6) is -1.33. The van der Waals surface area contributed by atoms with Gasteiger partial charge in [0, 0.05) is 6.07 Å². The summed E-state index contributed by atoms with van der Waals surface area (Å²) in [5, 5.41) is 17.3. The number of hydrogen-bond donors (Lipinski definition) is 2. The lowest BCUT2D eigenvalue weighted by Crippen LogP contribution is -2.36. The van der Waals surface area contributed by atoms with Gasteiger partial charge in [-0.1, -0.05) is 18.2 Å². The van der Waals surface area contributed by atoms with Crippen molar-refractivity contribution in [3.63, 3.8) is 0 Å². The average molecular weight is 283 g/mol. The van der Waals surface area contributed by atoms with E-state index in [1.807, 2.05) is 30.3 Å². The van der Waals surface area contributed by atoms with Crippen molar-refractivity contribution >= 4 is 17.6 Å². The highest BCUT2D eigenvalue weighted by atomic mass is 16.2. The number of amides is 2. The number of nitrogens with one attached hydrogen (secondary N) is 2. The van der Waals surface area contributed by atoms with E-state index in [4.69, 9.17) is 5.26 Å². The number of nitrogens with zero attached hydrogens (tertiary/aromatic N) is 3. The second-order valence-corrected chi connectivity index (χ2v) is 4.21. The molecule has 2 N–H and O–H groups in total. The van der Waals surface area contributed by atoms with Crippen LogP contribution in [0.2, 0.25) is 0 Å². The van der Waals surface area contributed by atoms with Gasteiger partial charge in [0.1, 0.15) is 12.4 Å². The van der Waals surface area contributed by atoms with Gasteiger partial charge in [0.2, 0.25) is 0 Å². The number of rotatable bonds is 3. The average Bonchev–Trinajstić information content (AvgIpc) is 2.86. The zero-order valence-corrected chi connectivity index (χ0v) is 11.3. The number of anilines is 1. The highest BCUT2D eigenvalue weighted by Crippen LogP contribution is 2.16. The Balaban J connectivity index is 2.20. The number of aryl methyl sites for hydroxylation is 1. The summed E-state index contributed by atoms with van der Waals surface area (Å²) in [7, 11) is 0. The molecule has 0 aliphatic rings. The van der Waals surface area contributed by atoms with E-state index in [2.05, 4.69) is 15.7 Å². The molecule has 0 unspecified atom stereocenters. The third-order valence-electron chi connectivity index (χ3n) is 2.61. The molecule has 1 aromatic heterocycles. The van der Waals surface area contributed by atoms with Crippen LogP contribution in [0.25, 0.3) is 5.69 Å². The van der Waals surface area contributed by atoms with E-state index in [9.17, 15) is 9.59 Å². The molecule has 0 saturated carbocycles. The maximum Gasteiger partial charge on any atom is 0.314 e. The molecule has 0 aliphatic heterocycles. The van der Waals surface area contributed by atoms with Gasteiger partial charge in [-0.3, -0.25) is 9.59 Å². The smallest absolute Gasteiger partial charge is 0.314 e. The van der Waals surface area contributed by atoms with Crippen LogP contribution in [0.15, 0.2) is 36.4 Å². The summed E-state index contributed by atoms with van der Waals surface area (Å²) in [4.78, 5) is 23.2. The van der Waals surface area contributed by atoms with E-state index in [1.165, 1.54) is 4.68 Å². The maximum atomic E-state index is 11.7. The summed E-state index contributed by atoms with van der Waals surface area (Å²) in [6.07, 6.45) is 0. The van der Waals surface area contributed by atoms with E-state index in [-0.39, 0.29) is 6.54 Å². The van der Waals surface area contributed by atoms with Gasteiger partial charge in [0.15, 0.2) is 0 Å². The van der Waals surface area contributed by atoms with Crippen LogP contribution in [0.5, 0.6) is 0 Å². The second kappa shape index (κ2) is 6.34. The minimum Gasteiger partial charge on any atom is -0.335 e. The topological polar surface area (TPSA) is 99.8 Å².